The van der Waals surface area contributed by atoms with Crippen LogP contribution >= 0.6 is 0 Å². The minimum Gasteiger partial charge on any atom is -0.481 e. The molecule has 1 unspecified atom stereocenters. The first kappa shape index (κ1) is 16.7. The summed E-state index contributed by atoms with van der Waals surface area (Å²) in [5.74, 6) is -1.14. The smallest absolute Gasteiger partial charge is 0.315 e. The van der Waals surface area contributed by atoms with Gasteiger partial charge in [0.15, 0.2) is 0 Å². The molecule has 0 aromatic heterocycles. The lowest BCUT2D eigenvalue weighted by molar-refractivity contribution is -0.141. The van der Waals surface area contributed by atoms with Gasteiger partial charge in [-0.05, 0) is 33.1 Å². The number of carboxylic acids is 1. The topological polar surface area (TPSA) is 78.4 Å². The fraction of sp³-hybridized carbons (Fsp3) is 0.846. The van der Waals surface area contributed by atoms with Crippen molar-refractivity contribution < 1.29 is 14.7 Å². The van der Waals surface area contributed by atoms with Crippen LogP contribution in [-0.2, 0) is 4.79 Å². The zero-order valence-corrected chi connectivity index (χ0v) is 11.9. The van der Waals surface area contributed by atoms with Gasteiger partial charge in [0.1, 0.15) is 0 Å². The molecule has 0 saturated heterocycles. The lowest BCUT2D eigenvalue weighted by atomic mass is 9.99. The number of urea groups is 1. The first-order valence-corrected chi connectivity index (χ1v) is 6.57. The Morgan fingerprint density at radius 2 is 1.94 bits per heavy atom. The molecular weight excluding hydrogens is 232 g/mol. The highest BCUT2D eigenvalue weighted by atomic mass is 16.4. The van der Waals surface area contributed by atoms with Crippen LogP contribution in [0.15, 0.2) is 0 Å². The van der Waals surface area contributed by atoms with Crippen LogP contribution in [0.1, 0.15) is 53.4 Å². The maximum atomic E-state index is 11.6. The van der Waals surface area contributed by atoms with Gasteiger partial charge < -0.3 is 15.7 Å². The van der Waals surface area contributed by atoms with E-state index >= 15 is 0 Å². The zero-order chi connectivity index (χ0) is 14.2. The van der Waals surface area contributed by atoms with Gasteiger partial charge in [0, 0.05) is 12.1 Å². The molecule has 0 saturated carbocycles. The summed E-state index contributed by atoms with van der Waals surface area (Å²) in [7, 11) is 0. The Labute approximate surface area is 109 Å². The second-order valence-corrected chi connectivity index (χ2v) is 5.40. The normalized spacial score (nSPS) is 12.9. The van der Waals surface area contributed by atoms with Crippen LogP contribution in [0, 0.1) is 5.92 Å². The molecule has 0 aromatic carbocycles. The van der Waals surface area contributed by atoms with Crippen LogP contribution in [0.3, 0.4) is 0 Å². The fourth-order valence-electron chi connectivity index (χ4n) is 1.77. The summed E-state index contributed by atoms with van der Waals surface area (Å²) in [6, 6.07) is -0.184. The largest absolute Gasteiger partial charge is 0.481 e. The number of hydrogen-bond acceptors (Lipinski definition) is 2. The van der Waals surface area contributed by atoms with Crippen LogP contribution in [0.4, 0.5) is 4.79 Å². The minimum atomic E-state index is -0.788. The van der Waals surface area contributed by atoms with Gasteiger partial charge in [-0.3, -0.25) is 4.79 Å². The Balaban J connectivity index is 3.75. The highest BCUT2D eigenvalue weighted by Crippen LogP contribution is 2.10. The molecule has 5 nitrogen and oxygen atoms in total. The van der Waals surface area contributed by atoms with Gasteiger partial charge in [-0.15, -0.1) is 0 Å². The molecular formula is C13H26N2O3. The third-order valence-corrected chi connectivity index (χ3v) is 2.85. The van der Waals surface area contributed by atoms with Crippen molar-refractivity contribution in [3.05, 3.63) is 0 Å². The molecule has 0 aliphatic rings. The van der Waals surface area contributed by atoms with Crippen molar-refractivity contribution >= 4 is 12.0 Å². The molecule has 2 amide bonds. The summed E-state index contributed by atoms with van der Waals surface area (Å²) in [6.45, 7) is 8.23. The molecule has 3 N–H and O–H groups in total. The summed E-state index contributed by atoms with van der Waals surface area (Å²) in [5, 5.41) is 14.4. The Morgan fingerprint density at radius 3 is 2.44 bits per heavy atom. The highest BCUT2D eigenvalue weighted by molar-refractivity contribution is 5.74. The predicted molar refractivity (Wildman–Crippen MR) is 71.6 cm³/mol. The van der Waals surface area contributed by atoms with Crippen molar-refractivity contribution in [1.29, 1.82) is 0 Å². The Hall–Kier alpha value is -1.26. The van der Waals surface area contributed by atoms with E-state index in [1.54, 1.807) is 6.92 Å². The highest BCUT2D eigenvalue weighted by Gasteiger charge is 2.18. The van der Waals surface area contributed by atoms with Crippen molar-refractivity contribution in [3.63, 3.8) is 0 Å². The van der Waals surface area contributed by atoms with Crippen molar-refractivity contribution in [3.8, 4) is 0 Å². The quantitative estimate of drug-likeness (QED) is 0.585. The maximum absolute atomic E-state index is 11.6. The molecule has 0 aliphatic heterocycles. The third-order valence-electron chi connectivity index (χ3n) is 2.85. The lowest BCUT2D eigenvalue weighted by Crippen LogP contribution is -2.48. The van der Waals surface area contributed by atoms with E-state index in [-0.39, 0.29) is 17.5 Å². The molecule has 0 spiro atoms. The standard InChI is InChI=1S/C13H26N2O3/c1-5-8-13(3,4)15-12(18)14-9-6-7-10(2)11(16)17/h10H,5-9H2,1-4H3,(H,16,17)(H2,14,15,18). The first-order chi connectivity index (χ1) is 8.28. The van der Waals surface area contributed by atoms with Gasteiger partial charge >= 0.3 is 12.0 Å². The molecule has 0 bridgehead atoms. The molecule has 0 aliphatic carbocycles. The van der Waals surface area contributed by atoms with Crippen LogP contribution in [-0.4, -0.2) is 29.2 Å². The molecule has 0 rings (SSSR count). The van der Waals surface area contributed by atoms with E-state index in [1.165, 1.54) is 0 Å². The van der Waals surface area contributed by atoms with Crippen LogP contribution < -0.4 is 10.6 Å². The lowest BCUT2D eigenvalue weighted by Gasteiger charge is -2.25. The average Bonchev–Trinajstić information content (AvgIpc) is 2.22. The number of nitrogens with one attached hydrogen (secondary N) is 2. The second-order valence-electron chi connectivity index (χ2n) is 5.40. The van der Waals surface area contributed by atoms with Crippen molar-refractivity contribution in [1.82, 2.24) is 10.6 Å². The zero-order valence-electron chi connectivity index (χ0n) is 11.9. The van der Waals surface area contributed by atoms with Gasteiger partial charge in [0.25, 0.3) is 0 Å². The SMILES string of the molecule is CCCC(C)(C)NC(=O)NCCCC(C)C(=O)O. The predicted octanol–water partition coefficient (Wildman–Crippen LogP) is 2.37. The van der Waals surface area contributed by atoms with E-state index < -0.39 is 5.97 Å². The molecule has 0 heterocycles. The molecule has 0 radical (unpaired) electrons. The summed E-state index contributed by atoms with van der Waals surface area (Å²) in [5.41, 5.74) is -0.201. The Bertz CT molecular complexity index is 277. The van der Waals surface area contributed by atoms with Crippen LogP contribution in [0.25, 0.3) is 0 Å². The van der Waals surface area contributed by atoms with Crippen LogP contribution in [0.5, 0.6) is 0 Å². The van der Waals surface area contributed by atoms with E-state index in [4.69, 9.17) is 5.11 Å². The number of rotatable bonds is 8. The average molecular weight is 258 g/mol. The monoisotopic (exact) mass is 258 g/mol. The maximum Gasteiger partial charge on any atom is 0.315 e. The van der Waals surface area contributed by atoms with Crippen molar-refractivity contribution in [2.45, 2.75) is 58.9 Å². The van der Waals surface area contributed by atoms with Gasteiger partial charge in [0.05, 0.1) is 5.92 Å². The number of carbonyl (C=O) groups excluding carboxylic acids is 1. The molecule has 0 aromatic rings. The second kappa shape index (κ2) is 7.95. The van der Waals surface area contributed by atoms with Crippen molar-refractivity contribution in [2.24, 2.45) is 5.92 Å². The van der Waals surface area contributed by atoms with E-state index in [0.29, 0.717) is 19.4 Å². The molecule has 18 heavy (non-hydrogen) atoms. The Kier molecular flexibility index (Phi) is 7.39. The summed E-state index contributed by atoms with van der Waals surface area (Å²) in [4.78, 5) is 22.2. The summed E-state index contributed by atoms with van der Waals surface area (Å²) in [6.07, 6.45) is 3.20. The first-order valence-electron chi connectivity index (χ1n) is 6.57. The van der Waals surface area contributed by atoms with E-state index in [1.807, 2.05) is 13.8 Å². The van der Waals surface area contributed by atoms with E-state index in [0.717, 1.165) is 12.8 Å². The minimum absolute atomic E-state index is 0.184. The van der Waals surface area contributed by atoms with E-state index in [2.05, 4.69) is 17.6 Å². The van der Waals surface area contributed by atoms with Gasteiger partial charge in [-0.2, -0.15) is 0 Å². The van der Waals surface area contributed by atoms with Crippen LogP contribution in [0.2, 0.25) is 0 Å². The number of carbonyl (C=O) groups is 2. The molecule has 0 fully saturated rings. The molecule has 1 atom stereocenters. The fourth-order valence-corrected chi connectivity index (χ4v) is 1.77. The number of hydrogen-bond donors (Lipinski definition) is 3. The number of aliphatic carboxylic acids is 1. The number of amides is 2. The van der Waals surface area contributed by atoms with Gasteiger partial charge in [0.2, 0.25) is 0 Å². The van der Waals surface area contributed by atoms with E-state index in [9.17, 15) is 9.59 Å². The van der Waals surface area contributed by atoms with Gasteiger partial charge in [-0.25, -0.2) is 4.79 Å². The summed E-state index contributed by atoms with van der Waals surface area (Å²) < 4.78 is 0. The number of carboxylic acid groups (broad SMARTS) is 1. The van der Waals surface area contributed by atoms with Gasteiger partial charge in [-0.1, -0.05) is 20.3 Å². The molecule has 5 heteroatoms. The molecule has 106 valence electrons. The third kappa shape index (κ3) is 7.92. The summed E-state index contributed by atoms with van der Waals surface area (Å²) >= 11 is 0. The van der Waals surface area contributed by atoms with Crippen molar-refractivity contribution in [2.75, 3.05) is 6.54 Å². The Morgan fingerprint density at radius 1 is 1.33 bits per heavy atom.